The van der Waals surface area contributed by atoms with Gasteiger partial charge in [0.15, 0.2) is 0 Å². The van der Waals surface area contributed by atoms with Crippen molar-refractivity contribution in [2.75, 3.05) is 13.1 Å². The summed E-state index contributed by atoms with van der Waals surface area (Å²) in [5.74, 6) is 0.619. The van der Waals surface area contributed by atoms with Gasteiger partial charge in [-0.05, 0) is 42.5 Å². The normalized spacial score (nSPS) is 12.4. The molecule has 114 valence electrons. The van der Waals surface area contributed by atoms with Crippen LogP contribution in [0.15, 0.2) is 17.0 Å². The summed E-state index contributed by atoms with van der Waals surface area (Å²) in [7, 11) is -3.45. The van der Waals surface area contributed by atoms with Gasteiger partial charge in [-0.15, -0.1) is 11.6 Å². The lowest BCUT2D eigenvalue weighted by molar-refractivity contribution is 0.380. The molecule has 0 heterocycles. The van der Waals surface area contributed by atoms with Gasteiger partial charge < -0.3 is 0 Å². The molecule has 0 saturated carbocycles. The molecule has 1 aromatic rings. The first-order valence-corrected chi connectivity index (χ1v) is 8.87. The SMILES string of the molecule is CCN(CC(C)C)S(=O)(=O)c1cc(CCl)c(C)cc1C. The zero-order valence-corrected chi connectivity index (χ0v) is 14.5. The van der Waals surface area contributed by atoms with E-state index < -0.39 is 10.0 Å². The number of hydrogen-bond acceptors (Lipinski definition) is 2. The molecule has 0 N–H and O–H groups in total. The molecule has 0 aromatic heterocycles. The van der Waals surface area contributed by atoms with Crippen LogP contribution in [0.3, 0.4) is 0 Å². The van der Waals surface area contributed by atoms with Crippen molar-refractivity contribution < 1.29 is 8.42 Å². The molecule has 0 fully saturated rings. The highest BCUT2D eigenvalue weighted by atomic mass is 35.5. The Balaban J connectivity index is 3.33. The van der Waals surface area contributed by atoms with E-state index in [1.165, 1.54) is 4.31 Å². The van der Waals surface area contributed by atoms with Gasteiger partial charge in [0.25, 0.3) is 0 Å². The van der Waals surface area contributed by atoms with Crippen LogP contribution in [-0.4, -0.2) is 25.8 Å². The minimum Gasteiger partial charge on any atom is -0.207 e. The Morgan fingerprint density at radius 1 is 1.20 bits per heavy atom. The van der Waals surface area contributed by atoms with Crippen LogP contribution in [0.2, 0.25) is 0 Å². The van der Waals surface area contributed by atoms with E-state index >= 15 is 0 Å². The lowest BCUT2D eigenvalue weighted by Crippen LogP contribution is -2.34. The van der Waals surface area contributed by atoms with Crippen molar-refractivity contribution in [3.05, 3.63) is 28.8 Å². The Morgan fingerprint density at radius 2 is 1.80 bits per heavy atom. The van der Waals surface area contributed by atoms with Gasteiger partial charge in [-0.25, -0.2) is 8.42 Å². The fraction of sp³-hybridized carbons (Fsp3) is 0.600. The van der Waals surface area contributed by atoms with Crippen molar-refractivity contribution in [2.45, 2.75) is 45.4 Å². The van der Waals surface area contributed by atoms with Gasteiger partial charge in [-0.3, -0.25) is 0 Å². The summed E-state index contributed by atoms with van der Waals surface area (Å²) in [6.07, 6.45) is 0. The van der Waals surface area contributed by atoms with Crippen LogP contribution < -0.4 is 0 Å². The number of rotatable bonds is 6. The maximum absolute atomic E-state index is 12.8. The summed E-state index contributed by atoms with van der Waals surface area (Å²) in [5, 5.41) is 0. The highest BCUT2D eigenvalue weighted by Crippen LogP contribution is 2.25. The topological polar surface area (TPSA) is 37.4 Å². The molecule has 0 aliphatic heterocycles. The number of hydrogen-bond donors (Lipinski definition) is 0. The van der Waals surface area contributed by atoms with Gasteiger partial charge in [0.05, 0.1) is 4.90 Å². The van der Waals surface area contributed by atoms with Crippen LogP contribution in [0, 0.1) is 19.8 Å². The average molecular weight is 318 g/mol. The number of halogens is 1. The molecule has 0 atom stereocenters. The average Bonchev–Trinajstić information content (AvgIpc) is 2.35. The van der Waals surface area contributed by atoms with E-state index in [0.29, 0.717) is 29.8 Å². The zero-order chi connectivity index (χ0) is 15.5. The summed E-state index contributed by atoms with van der Waals surface area (Å²) >= 11 is 5.90. The summed E-state index contributed by atoms with van der Waals surface area (Å²) in [5.41, 5.74) is 2.68. The standard InChI is InChI=1S/C15H24ClNO2S/c1-6-17(10-11(2)3)20(18,19)15-8-14(9-16)12(4)7-13(15)5/h7-8,11H,6,9-10H2,1-5H3. The first kappa shape index (κ1) is 17.5. The second-order valence-corrected chi connectivity index (χ2v) is 7.70. The second kappa shape index (κ2) is 6.92. The molecule has 1 rings (SSSR count). The first-order valence-electron chi connectivity index (χ1n) is 6.90. The van der Waals surface area contributed by atoms with Crippen molar-refractivity contribution in [2.24, 2.45) is 5.92 Å². The largest absolute Gasteiger partial charge is 0.243 e. The van der Waals surface area contributed by atoms with Crippen molar-refractivity contribution in [3.8, 4) is 0 Å². The lowest BCUT2D eigenvalue weighted by Gasteiger charge is -2.24. The predicted octanol–water partition coefficient (Wildman–Crippen LogP) is 3.71. The third-order valence-electron chi connectivity index (χ3n) is 3.32. The van der Waals surface area contributed by atoms with E-state index in [4.69, 9.17) is 11.6 Å². The fourth-order valence-corrected chi connectivity index (χ4v) is 4.40. The van der Waals surface area contributed by atoms with Crippen LogP contribution in [-0.2, 0) is 15.9 Å². The number of benzene rings is 1. The van der Waals surface area contributed by atoms with Crippen LogP contribution >= 0.6 is 11.6 Å². The highest BCUT2D eigenvalue weighted by molar-refractivity contribution is 7.89. The molecule has 1 aromatic carbocycles. The summed E-state index contributed by atoms with van der Waals surface area (Å²) < 4.78 is 27.1. The van der Waals surface area contributed by atoms with Crippen molar-refractivity contribution in [1.29, 1.82) is 0 Å². The molecule has 5 heteroatoms. The molecule has 0 spiro atoms. The van der Waals surface area contributed by atoms with Crippen LogP contribution in [0.25, 0.3) is 0 Å². The van der Waals surface area contributed by atoms with E-state index in [1.807, 2.05) is 40.7 Å². The Kier molecular flexibility index (Phi) is 6.05. The molecule has 0 bridgehead atoms. The zero-order valence-electron chi connectivity index (χ0n) is 12.9. The number of sulfonamides is 1. The van der Waals surface area contributed by atoms with Gasteiger partial charge >= 0.3 is 0 Å². The predicted molar refractivity (Wildman–Crippen MR) is 84.7 cm³/mol. The molecular weight excluding hydrogens is 294 g/mol. The van der Waals surface area contributed by atoms with Crippen LogP contribution in [0.5, 0.6) is 0 Å². The molecule has 20 heavy (non-hydrogen) atoms. The van der Waals surface area contributed by atoms with E-state index in [2.05, 4.69) is 0 Å². The molecule has 0 unspecified atom stereocenters. The lowest BCUT2D eigenvalue weighted by atomic mass is 10.1. The van der Waals surface area contributed by atoms with E-state index in [-0.39, 0.29) is 0 Å². The van der Waals surface area contributed by atoms with E-state index in [0.717, 1.165) is 16.7 Å². The van der Waals surface area contributed by atoms with E-state index in [1.54, 1.807) is 6.07 Å². The van der Waals surface area contributed by atoms with Gasteiger partial charge in [0.1, 0.15) is 0 Å². The molecule has 0 aliphatic carbocycles. The molecule has 0 saturated heterocycles. The Morgan fingerprint density at radius 3 is 2.25 bits per heavy atom. The van der Waals surface area contributed by atoms with Gasteiger partial charge in [-0.2, -0.15) is 4.31 Å². The van der Waals surface area contributed by atoms with Crippen molar-refractivity contribution in [3.63, 3.8) is 0 Å². The maximum Gasteiger partial charge on any atom is 0.243 e. The first-order chi connectivity index (χ1) is 9.23. The van der Waals surface area contributed by atoms with Crippen molar-refractivity contribution >= 4 is 21.6 Å². The minimum atomic E-state index is -3.45. The Hall–Kier alpha value is -0.580. The van der Waals surface area contributed by atoms with Gasteiger partial charge in [0.2, 0.25) is 10.0 Å². The molecule has 0 radical (unpaired) electrons. The number of aryl methyl sites for hydroxylation is 2. The molecule has 0 amide bonds. The summed E-state index contributed by atoms with van der Waals surface area (Å²) in [4.78, 5) is 0.376. The van der Waals surface area contributed by atoms with Gasteiger partial charge in [0, 0.05) is 19.0 Å². The molecular formula is C15H24ClNO2S. The number of nitrogens with zero attached hydrogens (tertiary/aromatic N) is 1. The Labute approximate surface area is 128 Å². The maximum atomic E-state index is 12.8. The van der Waals surface area contributed by atoms with E-state index in [9.17, 15) is 8.42 Å². The quantitative estimate of drug-likeness (QED) is 0.750. The third-order valence-corrected chi connectivity index (χ3v) is 5.69. The summed E-state index contributed by atoms with van der Waals surface area (Å²) in [6, 6.07) is 3.61. The van der Waals surface area contributed by atoms with Crippen molar-refractivity contribution in [1.82, 2.24) is 4.31 Å². The summed E-state index contributed by atoms with van der Waals surface area (Å²) in [6.45, 7) is 10.7. The second-order valence-electron chi connectivity index (χ2n) is 5.53. The Bertz CT molecular complexity index is 567. The molecule has 0 aliphatic rings. The van der Waals surface area contributed by atoms with Crippen LogP contribution in [0.4, 0.5) is 0 Å². The van der Waals surface area contributed by atoms with Gasteiger partial charge in [-0.1, -0.05) is 26.8 Å². The minimum absolute atomic E-state index is 0.294. The molecule has 3 nitrogen and oxygen atoms in total. The third kappa shape index (κ3) is 3.74. The highest BCUT2D eigenvalue weighted by Gasteiger charge is 2.26. The number of alkyl halides is 1. The monoisotopic (exact) mass is 317 g/mol. The smallest absolute Gasteiger partial charge is 0.207 e. The fourth-order valence-electron chi connectivity index (χ4n) is 2.24. The van der Waals surface area contributed by atoms with Crippen LogP contribution in [0.1, 0.15) is 37.5 Å².